The Morgan fingerprint density at radius 1 is 1.22 bits per heavy atom. The minimum Gasteiger partial charge on any atom is -0.267 e. The highest BCUT2D eigenvalue weighted by Crippen LogP contribution is 2.09. The fourth-order valence-corrected chi connectivity index (χ4v) is 2.12. The van der Waals surface area contributed by atoms with Gasteiger partial charge < -0.3 is 0 Å². The van der Waals surface area contributed by atoms with E-state index in [1.807, 2.05) is 43.5 Å². The molecule has 0 radical (unpaired) electrons. The van der Waals surface area contributed by atoms with Crippen LogP contribution in [-0.2, 0) is 0 Å². The molecule has 1 N–H and O–H groups in total. The van der Waals surface area contributed by atoms with Crippen LogP contribution in [-0.4, -0.2) is 11.6 Å². The molecule has 4 heteroatoms. The predicted molar refractivity (Wildman–Crippen MR) is 75.2 cm³/mol. The predicted octanol–water partition coefficient (Wildman–Crippen LogP) is 3.21. The number of benzene rings is 1. The summed E-state index contributed by atoms with van der Waals surface area (Å²) >= 11 is 1.60. The van der Waals surface area contributed by atoms with Crippen molar-refractivity contribution in [3.8, 4) is 0 Å². The highest BCUT2D eigenvalue weighted by Gasteiger charge is 2.04. The Morgan fingerprint density at radius 3 is 2.56 bits per heavy atom. The second kappa shape index (κ2) is 5.60. The molecule has 0 aliphatic heterocycles. The van der Waals surface area contributed by atoms with E-state index in [1.54, 1.807) is 23.5 Å². The summed E-state index contributed by atoms with van der Waals surface area (Å²) in [5.74, 6) is -0.189. The molecule has 0 aliphatic carbocycles. The number of aryl methyl sites for hydroxylation is 1. The van der Waals surface area contributed by atoms with Crippen LogP contribution in [0.2, 0.25) is 0 Å². The quantitative estimate of drug-likeness (QED) is 0.666. The number of hydrazone groups is 1. The van der Waals surface area contributed by atoms with Crippen molar-refractivity contribution in [1.82, 2.24) is 5.43 Å². The molecule has 0 unspecified atom stereocenters. The van der Waals surface area contributed by atoms with Crippen molar-refractivity contribution < 1.29 is 4.79 Å². The van der Waals surface area contributed by atoms with Crippen LogP contribution in [0.15, 0.2) is 46.9 Å². The first kappa shape index (κ1) is 12.5. The van der Waals surface area contributed by atoms with E-state index in [2.05, 4.69) is 10.5 Å². The summed E-state index contributed by atoms with van der Waals surface area (Å²) in [5.41, 5.74) is 5.12. The Balaban J connectivity index is 2.04. The summed E-state index contributed by atoms with van der Waals surface area (Å²) in [6.07, 6.45) is 0. The summed E-state index contributed by atoms with van der Waals surface area (Å²) in [5, 5.41) is 6.08. The van der Waals surface area contributed by atoms with Gasteiger partial charge in [-0.15, -0.1) is 11.3 Å². The lowest BCUT2D eigenvalue weighted by molar-refractivity contribution is 0.0955. The normalized spacial score (nSPS) is 11.3. The number of carbonyl (C=O) groups is 1. The van der Waals surface area contributed by atoms with Crippen molar-refractivity contribution in [3.63, 3.8) is 0 Å². The van der Waals surface area contributed by atoms with Gasteiger partial charge in [0.1, 0.15) is 0 Å². The number of hydrogen-bond donors (Lipinski definition) is 1. The third-order valence-corrected chi connectivity index (χ3v) is 3.50. The van der Waals surface area contributed by atoms with Gasteiger partial charge in [0, 0.05) is 10.4 Å². The van der Waals surface area contributed by atoms with Crippen LogP contribution < -0.4 is 5.43 Å². The van der Waals surface area contributed by atoms with E-state index < -0.39 is 0 Å². The number of rotatable bonds is 3. The van der Waals surface area contributed by atoms with Crippen LogP contribution in [0.5, 0.6) is 0 Å². The topological polar surface area (TPSA) is 41.5 Å². The van der Waals surface area contributed by atoms with Gasteiger partial charge in [0.25, 0.3) is 5.91 Å². The number of thiophene rings is 1. The fraction of sp³-hybridized carbons (Fsp3) is 0.143. The zero-order chi connectivity index (χ0) is 13.0. The molecule has 0 spiro atoms. The lowest BCUT2D eigenvalue weighted by atomic mass is 10.1. The van der Waals surface area contributed by atoms with Crippen LogP contribution in [0.25, 0.3) is 0 Å². The van der Waals surface area contributed by atoms with Gasteiger partial charge in [-0.1, -0.05) is 23.8 Å². The molecule has 1 aromatic carbocycles. The first-order chi connectivity index (χ1) is 8.66. The van der Waals surface area contributed by atoms with Crippen molar-refractivity contribution in [1.29, 1.82) is 0 Å². The van der Waals surface area contributed by atoms with Crippen LogP contribution in [0.3, 0.4) is 0 Å². The van der Waals surface area contributed by atoms with Crippen molar-refractivity contribution >= 4 is 23.0 Å². The molecular weight excluding hydrogens is 244 g/mol. The first-order valence-electron chi connectivity index (χ1n) is 5.62. The molecule has 1 heterocycles. The Hall–Kier alpha value is -1.94. The smallest absolute Gasteiger partial charge is 0.267 e. The number of nitrogens with zero attached hydrogens (tertiary/aromatic N) is 1. The number of carbonyl (C=O) groups excluding carboxylic acids is 1. The molecule has 3 nitrogen and oxygen atoms in total. The van der Waals surface area contributed by atoms with Gasteiger partial charge >= 0.3 is 0 Å². The Labute approximate surface area is 110 Å². The molecule has 1 amide bonds. The molecule has 2 rings (SSSR count). The molecule has 18 heavy (non-hydrogen) atoms. The van der Waals surface area contributed by atoms with Crippen LogP contribution in [0.1, 0.15) is 27.7 Å². The van der Waals surface area contributed by atoms with Gasteiger partial charge in [-0.2, -0.15) is 5.10 Å². The van der Waals surface area contributed by atoms with Crippen molar-refractivity contribution in [2.75, 3.05) is 0 Å². The lowest BCUT2D eigenvalue weighted by Gasteiger charge is -2.01. The van der Waals surface area contributed by atoms with E-state index in [4.69, 9.17) is 0 Å². The monoisotopic (exact) mass is 258 g/mol. The maximum Gasteiger partial charge on any atom is 0.271 e. The summed E-state index contributed by atoms with van der Waals surface area (Å²) in [4.78, 5) is 12.9. The second-order valence-corrected chi connectivity index (χ2v) is 4.93. The van der Waals surface area contributed by atoms with Gasteiger partial charge in [0.2, 0.25) is 0 Å². The molecule has 2 aromatic rings. The van der Waals surface area contributed by atoms with Gasteiger partial charge in [-0.05, 0) is 37.4 Å². The highest BCUT2D eigenvalue weighted by atomic mass is 32.1. The van der Waals surface area contributed by atoms with Gasteiger partial charge in [0.05, 0.1) is 5.71 Å². The van der Waals surface area contributed by atoms with E-state index in [0.717, 1.165) is 16.2 Å². The largest absolute Gasteiger partial charge is 0.271 e. The fourth-order valence-electron chi connectivity index (χ4n) is 1.44. The lowest BCUT2D eigenvalue weighted by Crippen LogP contribution is -2.19. The minimum absolute atomic E-state index is 0.189. The SMILES string of the molecule is C/C(=N\NC(=O)c1ccc(C)cc1)c1cccs1. The summed E-state index contributed by atoms with van der Waals surface area (Å²) in [6.45, 7) is 3.86. The summed E-state index contributed by atoms with van der Waals surface area (Å²) < 4.78 is 0. The Bertz CT molecular complexity index is 556. The van der Waals surface area contributed by atoms with Crippen molar-refractivity contribution in [2.45, 2.75) is 13.8 Å². The molecule has 1 aromatic heterocycles. The maximum absolute atomic E-state index is 11.8. The highest BCUT2D eigenvalue weighted by molar-refractivity contribution is 7.12. The third-order valence-electron chi connectivity index (χ3n) is 2.52. The maximum atomic E-state index is 11.8. The van der Waals surface area contributed by atoms with Crippen molar-refractivity contribution in [2.24, 2.45) is 5.10 Å². The average Bonchev–Trinajstić information content (AvgIpc) is 2.90. The molecule has 0 bridgehead atoms. The van der Waals surface area contributed by atoms with Crippen LogP contribution in [0.4, 0.5) is 0 Å². The summed E-state index contributed by atoms with van der Waals surface area (Å²) in [6, 6.07) is 11.3. The Kier molecular flexibility index (Phi) is 3.89. The van der Waals surface area contributed by atoms with Crippen LogP contribution >= 0.6 is 11.3 Å². The summed E-state index contributed by atoms with van der Waals surface area (Å²) in [7, 11) is 0. The molecule has 0 fully saturated rings. The van der Waals surface area contributed by atoms with E-state index >= 15 is 0 Å². The Morgan fingerprint density at radius 2 is 1.94 bits per heavy atom. The molecule has 0 atom stereocenters. The van der Waals surface area contributed by atoms with E-state index in [1.165, 1.54) is 0 Å². The standard InChI is InChI=1S/C14H14N2OS/c1-10-5-7-12(8-6-10)14(17)16-15-11(2)13-4-3-9-18-13/h3-9H,1-2H3,(H,16,17)/b15-11+. The third kappa shape index (κ3) is 3.05. The van der Waals surface area contributed by atoms with E-state index in [0.29, 0.717) is 5.56 Å². The second-order valence-electron chi connectivity index (χ2n) is 3.98. The van der Waals surface area contributed by atoms with E-state index in [-0.39, 0.29) is 5.91 Å². The zero-order valence-electron chi connectivity index (χ0n) is 10.3. The number of nitrogens with one attached hydrogen (secondary N) is 1. The van der Waals surface area contributed by atoms with E-state index in [9.17, 15) is 4.79 Å². The molecule has 92 valence electrons. The molecular formula is C14H14N2OS. The first-order valence-corrected chi connectivity index (χ1v) is 6.50. The van der Waals surface area contributed by atoms with Crippen LogP contribution in [0, 0.1) is 6.92 Å². The minimum atomic E-state index is -0.189. The zero-order valence-corrected chi connectivity index (χ0v) is 11.1. The average molecular weight is 258 g/mol. The van der Waals surface area contributed by atoms with Gasteiger partial charge in [0.15, 0.2) is 0 Å². The molecule has 0 saturated heterocycles. The number of hydrogen-bond acceptors (Lipinski definition) is 3. The molecule has 0 saturated carbocycles. The van der Waals surface area contributed by atoms with Gasteiger partial charge in [-0.25, -0.2) is 5.43 Å². The molecule has 0 aliphatic rings. The number of amides is 1. The van der Waals surface area contributed by atoms with Gasteiger partial charge in [-0.3, -0.25) is 4.79 Å². The van der Waals surface area contributed by atoms with Crippen molar-refractivity contribution in [3.05, 3.63) is 57.8 Å².